The number of carbonyl (C=O) groups excluding carboxylic acids is 1. The third kappa shape index (κ3) is 3.57. The number of benzene rings is 1. The number of nitrogens with two attached hydrogens (primary N) is 1. The SMILES string of the molecule is COc1ccc(CC(=O)C2CCCCC2N)cc1Br. The van der Waals surface area contributed by atoms with Gasteiger partial charge in [0.2, 0.25) is 0 Å². The molecule has 2 rings (SSSR count). The lowest BCUT2D eigenvalue weighted by atomic mass is 9.81. The first-order valence-electron chi connectivity index (χ1n) is 6.72. The highest BCUT2D eigenvalue weighted by molar-refractivity contribution is 9.10. The van der Waals surface area contributed by atoms with Crippen LogP contribution in [-0.2, 0) is 11.2 Å². The first kappa shape index (κ1) is 14.5. The van der Waals surface area contributed by atoms with Gasteiger partial charge in [-0.2, -0.15) is 0 Å². The van der Waals surface area contributed by atoms with Crippen LogP contribution in [0.3, 0.4) is 0 Å². The number of ketones is 1. The van der Waals surface area contributed by atoms with Gasteiger partial charge >= 0.3 is 0 Å². The van der Waals surface area contributed by atoms with Gasteiger partial charge in [-0.05, 0) is 46.5 Å². The molecular weight excluding hydrogens is 306 g/mol. The number of hydrogen-bond acceptors (Lipinski definition) is 3. The van der Waals surface area contributed by atoms with Crippen LogP contribution < -0.4 is 10.5 Å². The van der Waals surface area contributed by atoms with Crippen LogP contribution in [0.5, 0.6) is 5.75 Å². The monoisotopic (exact) mass is 325 g/mol. The minimum absolute atomic E-state index is 0.0367. The van der Waals surface area contributed by atoms with Crippen molar-refractivity contribution in [2.24, 2.45) is 11.7 Å². The highest BCUT2D eigenvalue weighted by Crippen LogP contribution is 2.28. The molecule has 0 bridgehead atoms. The van der Waals surface area contributed by atoms with Gasteiger partial charge in [0.1, 0.15) is 11.5 Å². The van der Waals surface area contributed by atoms with Gasteiger partial charge in [0.05, 0.1) is 11.6 Å². The van der Waals surface area contributed by atoms with E-state index in [1.807, 2.05) is 18.2 Å². The predicted molar refractivity (Wildman–Crippen MR) is 79.3 cm³/mol. The van der Waals surface area contributed by atoms with E-state index in [1.54, 1.807) is 7.11 Å². The zero-order valence-corrected chi connectivity index (χ0v) is 12.8. The molecule has 4 heteroatoms. The lowest BCUT2D eigenvalue weighted by Gasteiger charge is -2.27. The van der Waals surface area contributed by atoms with E-state index in [9.17, 15) is 4.79 Å². The average Bonchev–Trinajstić information content (AvgIpc) is 2.39. The second-order valence-electron chi connectivity index (χ2n) is 5.17. The molecule has 1 fully saturated rings. The van der Waals surface area contributed by atoms with Crippen molar-refractivity contribution < 1.29 is 9.53 Å². The molecule has 104 valence electrons. The molecule has 3 nitrogen and oxygen atoms in total. The van der Waals surface area contributed by atoms with Crippen LogP contribution in [0.1, 0.15) is 31.2 Å². The summed E-state index contributed by atoms with van der Waals surface area (Å²) in [6.07, 6.45) is 4.65. The summed E-state index contributed by atoms with van der Waals surface area (Å²) < 4.78 is 6.07. The van der Waals surface area contributed by atoms with Crippen LogP contribution in [-0.4, -0.2) is 18.9 Å². The van der Waals surface area contributed by atoms with Crippen LogP contribution in [0.25, 0.3) is 0 Å². The van der Waals surface area contributed by atoms with Gasteiger partial charge in [-0.3, -0.25) is 4.79 Å². The van der Waals surface area contributed by atoms with Crippen molar-refractivity contribution in [3.63, 3.8) is 0 Å². The molecule has 1 aliphatic rings. The summed E-state index contributed by atoms with van der Waals surface area (Å²) in [5.41, 5.74) is 7.07. The van der Waals surface area contributed by atoms with Crippen LogP contribution >= 0.6 is 15.9 Å². The first-order chi connectivity index (χ1) is 9.11. The molecule has 1 aromatic rings. The lowest BCUT2D eigenvalue weighted by Crippen LogP contribution is -2.38. The van der Waals surface area contributed by atoms with Crippen molar-refractivity contribution in [3.8, 4) is 5.75 Å². The summed E-state index contributed by atoms with van der Waals surface area (Å²) in [4.78, 5) is 12.3. The summed E-state index contributed by atoms with van der Waals surface area (Å²) in [6, 6.07) is 5.82. The highest BCUT2D eigenvalue weighted by Gasteiger charge is 2.27. The zero-order valence-electron chi connectivity index (χ0n) is 11.2. The molecule has 0 spiro atoms. The molecule has 0 aliphatic heterocycles. The molecule has 0 amide bonds. The fourth-order valence-electron chi connectivity index (χ4n) is 2.71. The second kappa shape index (κ2) is 6.53. The maximum Gasteiger partial charge on any atom is 0.141 e. The number of halogens is 1. The van der Waals surface area contributed by atoms with E-state index < -0.39 is 0 Å². The van der Waals surface area contributed by atoms with Crippen LogP contribution in [0.2, 0.25) is 0 Å². The van der Waals surface area contributed by atoms with Gasteiger partial charge in [0.25, 0.3) is 0 Å². The van der Waals surface area contributed by atoms with Gasteiger partial charge in [-0.1, -0.05) is 18.9 Å². The number of Topliss-reactive ketones (excluding diaryl/α,β-unsaturated/α-hetero) is 1. The number of rotatable bonds is 4. The molecule has 19 heavy (non-hydrogen) atoms. The minimum atomic E-state index is 0.0367. The van der Waals surface area contributed by atoms with Crippen molar-refractivity contribution in [1.82, 2.24) is 0 Å². The van der Waals surface area contributed by atoms with Crippen molar-refractivity contribution in [3.05, 3.63) is 28.2 Å². The molecule has 0 aromatic heterocycles. The molecule has 0 radical (unpaired) electrons. The Labute approximate surface area is 122 Å². The van der Waals surface area contributed by atoms with Crippen LogP contribution in [0, 0.1) is 5.92 Å². The maximum atomic E-state index is 12.3. The molecule has 1 aliphatic carbocycles. The third-order valence-corrected chi connectivity index (χ3v) is 4.45. The van der Waals surface area contributed by atoms with E-state index in [2.05, 4.69) is 15.9 Å². The van der Waals surface area contributed by atoms with E-state index >= 15 is 0 Å². The topological polar surface area (TPSA) is 52.3 Å². The molecule has 1 saturated carbocycles. The number of ether oxygens (including phenoxy) is 1. The second-order valence-corrected chi connectivity index (χ2v) is 6.02. The minimum Gasteiger partial charge on any atom is -0.496 e. The Kier molecular flexibility index (Phi) is 4.99. The van der Waals surface area contributed by atoms with Crippen molar-refractivity contribution in [2.75, 3.05) is 7.11 Å². The number of methoxy groups -OCH3 is 1. The first-order valence-corrected chi connectivity index (χ1v) is 7.52. The molecule has 2 unspecified atom stereocenters. The van der Waals surface area contributed by atoms with E-state index in [1.165, 1.54) is 0 Å². The molecular formula is C15H20BrNO2. The summed E-state index contributed by atoms with van der Waals surface area (Å²) in [5, 5.41) is 0. The van der Waals surface area contributed by atoms with Crippen LogP contribution in [0.15, 0.2) is 22.7 Å². The Hall–Kier alpha value is -0.870. The molecule has 2 N–H and O–H groups in total. The maximum absolute atomic E-state index is 12.3. The van der Waals surface area contributed by atoms with Crippen molar-refractivity contribution >= 4 is 21.7 Å². The fourth-order valence-corrected chi connectivity index (χ4v) is 3.30. The Bertz CT molecular complexity index is 461. The number of hydrogen-bond donors (Lipinski definition) is 1. The van der Waals surface area contributed by atoms with E-state index in [0.29, 0.717) is 6.42 Å². The summed E-state index contributed by atoms with van der Waals surface area (Å²) >= 11 is 3.44. The number of carbonyl (C=O) groups is 1. The summed E-state index contributed by atoms with van der Waals surface area (Å²) in [7, 11) is 1.63. The highest BCUT2D eigenvalue weighted by atomic mass is 79.9. The van der Waals surface area contributed by atoms with Gasteiger partial charge < -0.3 is 10.5 Å². The van der Waals surface area contributed by atoms with E-state index in [0.717, 1.165) is 41.5 Å². The predicted octanol–water partition coefficient (Wildman–Crippen LogP) is 3.09. The Morgan fingerprint density at radius 2 is 2.16 bits per heavy atom. The largest absolute Gasteiger partial charge is 0.496 e. The Morgan fingerprint density at radius 1 is 1.42 bits per heavy atom. The van der Waals surface area contributed by atoms with Crippen LogP contribution in [0.4, 0.5) is 0 Å². The van der Waals surface area contributed by atoms with Gasteiger partial charge in [0, 0.05) is 18.4 Å². The Morgan fingerprint density at radius 3 is 2.79 bits per heavy atom. The standard InChI is InChI=1S/C15H20BrNO2/c1-19-15-7-6-10(8-12(15)16)9-14(18)11-4-2-3-5-13(11)17/h6-8,11,13H,2-5,9,17H2,1H3. The average molecular weight is 326 g/mol. The normalized spacial score (nSPS) is 23.1. The summed E-state index contributed by atoms with van der Waals surface area (Å²) in [5.74, 6) is 1.09. The molecule has 1 aromatic carbocycles. The Balaban J connectivity index is 2.04. The zero-order chi connectivity index (χ0) is 13.8. The molecule has 0 heterocycles. The lowest BCUT2D eigenvalue weighted by molar-refractivity contribution is -0.123. The van der Waals surface area contributed by atoms with Gasteiger partial charge in [0.15, 0.2) is 0 Å². The third-order valence-electron chi connectivity index (χ3n) is 3.83. The fraction of sp³-hybridized carbons (Fsp3) is 0.533. The van der Waals surface area contributed by atoms with E-state index in [-0.39, 0.29) is 17.7 Å². The van der Waals surface area contributed by atoms with Crippen molar-refractivity contribution in [1.29, 1.82) is 0 Å². The smallest absolute Gasteiger partial charge is 0.141 e. The van der Waals surface area contributed by atoms with Gasteiger partial charge in [-0.15, -0.1) is 0 Å². The quantitative estimate of drug-likeness (QED) is 0.925. The summed E-state index contributed by atoms with van der Waals surface area (Å²) in [6.45, 7) is 0. The molecule has 0 saturated heterocycles. The van der Waals surface area contributed by atoms with Crippen molar-refractivity contribution in [2.45, 2.75) is 38.1 Å². The van der Waals surface area contributed by atoms with E-state index in [4.69, 9.17) is 10.5 Å². The van der Waals surface area contributed by atoms with Gasteiger partial charge in [-0.25, -0.2) is 0 Å². The molecule has 2 atom stereocenters.